The molecule has 31 heavy (non-hydrogen) atoms. The van der Waals surface area contributed by atoms with Gasteiger partial charge >= 0.3 is 0 Å². The van der Waals surface area contributed by atoms with Crippen LogP contribution in [0.5, 0.6) is 0 Å². The van der Waals surface area contributed by atoms with Crippen molar-refractivity contribution < 1.29 is 4.79 Å². The number of carbonyl (C=O) groups is 1. The van der Waals surface area contributed by atoms with E-state index in [1.165, 1.54) is 16.4 Å². The fourth-order valence-electron chi connectivity index (χ4n) is 3.13. The lowest BCUT2D eigenvalue weighted by Gasteiger charge is -2.09. The van der Waals surface area contributed by atoms with Crippen molar-refractivity contribution in [2.45, 2.75) is 38.1 Å². The van der Waals surface area contributed by atoms with Crippen molar-refractivity contribution in [2.24, 2.45) is 7.05 Å². The maximum Gasteiger partial charge on any atom is 0.295 e. The van der Waals surface area contributed by atoms with Gasteiger partial charge in [-0.05, 0) is 37.1 Å². The number of aromatic nitrogens is 3. The van der Waals surface area contributed by atoms with Crippen molar-refractivity contribution in [3.63, 3.8) is 0 Å². The zero-order chi connectivity index (χ0) is 22.5. The minimum Gasteiger partial charge on any atom is -0.320 e. The summed E-state index contributed by atoms with van der Waals surface area (Å²) in [6.07, 6.45) is 0.197. The average molecular weight is 436 g/mol. The van der Waals surface area contributed by atoms with Crippen LogP contribution in [0, 0.1) is 18.3 Å². The van der Waals surface area contributed by atoms with Gasteiger partial charge in [-0.25, -0.2) is 9.67 Å². The molecule has 2 aromatic heterocycles. The fraction of sp³-hybridized carbons (Fsp3) is 0.304. The van der Waals surface area contributed by atoms with E-state index in [-0.39, 0.29) is 29.5 Å². The van der Waals surface area contributed by atoms with Crippen LogP contribution in [-0.2, 0) is 11.8 Å². The van der Waals surface area contributed by atoms with Crippen LogP contribution in [-0.4, -0.2) is 26.0 Å². The first-order valence-electron chi connectivity index (χ1n) is 10.0. The van der Waals surface area contributed by atoms with E-state index in [2.05, 4.69) is 16.4 Å². The quantitative estimate of drug-likeness (QED) is 0.566. The molecule has 3 aromatic rings. The van der Waals surface area contributed by atoms with E-state index in [0.29, 0.717) is 22.0 Å². The van der Waals surface area contributed by atoms with Crippen LogP contribution in [0.25, 0.3) is 5.69 Å². The molecule has 7 nitrogen and oxygen atoms in total. The first-order chi connectivity index (χ1) is 14.8. The lowest BCUT2D eigenvalue weighted by atomic mass is 10.1. The summed E-state index contributed by atoms with van der Waals surface area (Å²) in [5.74, 6) is 0.452. The summed E-state index contributed by atoms with van der Waals surface area (Å²) >= 11 is 1.37. The Hall–Kier alpha value is -3.31. The monoisotopic (exact) mass is 435 g/mol. The molecule has 0 unspecified atom stereocenters. The molecule has 1 N–H and O–H groups in total. The Labute approximate surface area is 185 Å². The normalized spacial score (nSPS) is 10.8. The summed E-state index contributed by atoms with van der Waals surface area (Å²) in [5, 5.41) is 12.7. The number of carbonyl (C=O) groups excluding carboxylic acids is 1. The van der Waals surface area contributed by atoms with Crippen molar-refractivity contribution in [1.29, 1.82) is 5.26 Å². The molecule has 0 aliphatic heterocycles. The first kappa shape index (κ1) is 22.4. The van der Waals surface area contributed by atoms with Gasteiger partial charge < -0.3 is 5.32 Å². The SMILES string of the molecule is Cc1c(NC(=O)CCSc2nc(C(C)C)ccc2C#N)c(=O)n(-c2ccccc2)n1C. The zero-order valence-corrected chi connectivity index (χ0v) is 18.9. The van der Waals surface area contributed by atoms with Gasteiger partial charge in [0.1, 0.15) is 16.8 Å². The standard InChI is InChI=1S/C23H25N5O2S/c1-15(2)19-11-10-17(14-24)22(25-19)31-13-12-20(29)26-21-16(3)27(4)28(23(21)30)18-8-6-5-7-9-18/h5-11,15H,12-13H2,1-4H3,(H,26,29). The molecule has 2 heterocycles. The lowest BCUT2D eigenvalue weighted by Crippen LogP contribution is -2.23. The topological polar surface area (TPSA) is 92.7 Å². The smallest absolute Gasteiger partial charge is 0.295 e. The molecule has 1 aromatic carbocycles. The van der Waals surface area contributed by atoms with Crippen LogP contribution in [0.1, 0.15) is 43.1 Å². The second kappa shape index (κ2) is 9.67. The number of hydrogen-bond donors (Lipinski definition) is 1. The summed E-state index contributed by atoms with van der Waals surface area (Å²) in [7, 11) is 1.78. The second-order valence-electron chi connectivity index (χ2n) is 7.44. The molecular weight excluding hydrogens is 410 g/mol. The summed E-state index contributed by atoms with van der Waals surface area (Å²) in [4.78, 5) is 30.0. The number of hydrogen-bond acceptors (Lipinski definition) is 5. The van der Waals surface area contributed by atoms with Crippen molar-refractivity contribution in [2.75, 3.05) is 11.1 Å². The van der Waals surface area contributed by atoms with Gasteiger partial charge in [0.2, 0.25) is 5.91 Å². The molecule has 0 saturated heterocycles. The highest BCUT2D eigenvalue weighted by Crippen LogP contribution is 2.24. The number of nitrogens with zero attached hydrogens (tertiary/aromatic N) is 4. The van der Waals surface area contributed by atoms with Crippen LogP contribution in [0.15, 0.2) is 52.3 Å². The van der Waals surface area contributed by atoms with Crippen molar-refractivity contribution in [3.05, 3.63) is 69.8 Å². The second-order valence-corrected chi connectivity index (χ2v) is 8.52. The van der Waals surface area contributed by atoms with Crippen LogP contribution in [0.3, 0.4) is 0 Å². The Balaban J connectivity index is 1.70. The highest BCUT2D eigenvalue weighted by Gasteiger charge is 2.18. The van der Waals surface area contributed by atoms with Gasteiger partial charge in [-0.2, -0.15) is 5.26 Å². The number of benzene rings is 1. The fourth-order valence-corrected chi connectivity index (χ4v) is 4.05. The van der Waals surface area contributed by atoms with E-state index in [1.54, 1.807) is 24.7 Å². The predicted molar refractivity (Wildman–Crippen MR) is 123 cm³/mol. The van der Waals surface area contributed by atoms with Crippen LogP contribution in [0.4, 0.5) is 5.69 Å². The minimum atomic E-state index is -0.273. The van der Waals surface area contributed by atoms with Gasteiger partial charge in [0, 0.05) is 24.9 Å². The summed E-state index contributed by atoms with van der Waals surface area (Å²) in [6, 6.07) is 15.1. The third-order valence-electron chi connectivity index (χ3n) is 4.98. The Morgan fingerprint density at radius 2 is 1.94 bits per heavy atom. The van der Waals surface area contributed by atoms with E-state index in [4.69, 9.17) is 0 Å². The van der Waals surface area contributed by atoms with Gasteiger partial charge in [0.25, 0.3) is 5.56 Å². The number of rotatable bonds is 7. The summed E-state index contributed by atoms with van der Waals surface area (Å²) < 4.78 is 3.25. The highest BCUT2D eigenvalue weighted by atomic mass is 32.2. The molecule has 0 atom stereocenters. The molecule has 8 heteroatoms. The molecule has 0 aliphatic rings. The number of amides is 1. The van der Waals surface area contributed by atoms with Crippen molar-refractivity contribution in [3.8, 4) is 11.8 Å². The molecule has 0 bridgehead atoms. The molecule has 0 spiro atoms. The Bertz CT molecular complexity index is 1190. The minimum absolute atomic E-state index is 0.197. The molecule has 0 aliphatic carbocycles. The molecule has 160 valence electrons. The van der Waals surface area contributed by atoms with E-state index >= 15 is 0 Å². The maximum absolute atomic E-state index is 12.9. The number of anilines is 1. The Kier molecular flexibility index (Phi) is 6.98. The molecule has 0 fully saturated rings. The van der Waals surface area contributed by atoms with Crippen molar-refractivity contribution >= 4 is 23.4 Å². The van der Waals surface area contributed by atoms with Crippen molar-refractivity contribution in [1.82, 2.24) is 14.3 Å². The molecule has 0 radical (unpaired) electrons. The Morgan fingerprint density at radius 1 is 1.23 bits per heavy atom. The predicted octanol–water partition coefficient (Wildman–Crippen LogP) is 4.00. The molecular formula is C23H25N5O2S. The van der Waals surface area contributed by atoms with Crippen LogP contribution < -0.4 is 10.9 Å². The molecule has 1 amide bonds. The van der Waals surface area contributed by atoms with Gasteiger partial charge in [-0.15, -0.1) is 11.8 Å². The number of nitriles is 1. The third kappa shape index (κ3) is 4.89. The highest BCUT2D eigenvalue weighted by molar-refractivity contribution is 7.99. The van der Waals surface area contributed by atoms with E-state index in [0.717, 1.165) is 11.4 Å². The van der Waals surface area contributed by atoms with E-state index < -0.39 is 0 Å². The average Bonchev–Trinajstić information content (AvgIpc) is 2.97. The van der Waals surface area contributed by atoms with Gasteiger partial charge in [-0.3, -0.25) is 14.3 Å². The van der Waals surface area contributed by atoms with E-state index in [1.807, 2.05) is 50.2 Å². The largest absolute Gasteiger partial charge is 0.320 e. The van der Waals surface area contributed by atoms with Gasteiger partial charge in [0.05, 0.1) is 16.9 Å². The van der Waals surface area contributed by atoms with E-state index in [9.17, 15) is 14.9 Å². The summed E-state index contributed by atoms with van der Waals surface area (Å²) in [5.41, 5.74) is 2.82. The maximum atomic E-state index is 12.9. The third-order valence-corrected chi connectivity index (χ3v) is 5.97. The summed E-state index contributed by atoms with van der Waals surface area (Å²) in [6.45, 7) is 5.88. The lowest BCUT2D eigenvalue weighted by molar-refractivity contribution is -0.115. The zero-order valence-electron chi connectivity index (χ0n) is 18.0. The number of thioether (sulfide) groups is 1. The number of nitrogens with one attached hydrogen (secondary N) is 1. The number of para-hydroxylation sites is 1. The van der Waals surface area contributed by atoms with Gasteiger partial charge in [-0.1, -0.05) is 32.0 Å². The molecule has 0 saturated carbocycles. The molecule has 3 rings (SSSR count). The van der Waals surface area contributed by atoms with Crippen LogP contribution >= 0.6 is 11.8 Å². The van der Waals surface area contributed by atoms with Crippen LogP contribution in [0.2, 0.25) is 0 Å². The first-order valence-corrected chi connectivity index (χ1v) is 11.0. The Morgan fingerprint density at radius 3 is 2.58 bits per heavy atom. The van der Waals surface area contributed by atoms with Gasteiger partial charge in [0.15, 0.2) is 0 Å². The number of pyridine rings is 1.